The van der Waals surface area contributed by atoms with Gasteiger partial charge in [0.15, 0.2) is 0 Å². The van der Waals surface area contributed by atoms with Crippen LogP contribution in [0.3, 0.4) is 0 Å². The summed E-state index contributed by atoms with van der Waals surface area (Å²) in [7, 11) is 0. The lowest BCUT2D eigenvalue weighted by Crippen LogP contribution is -2.21. The van der Waals surface area contributed by atoms with Gasteiger partial charge < -0.3 is 5.73 Å². The van der Waals surface area contributed by atoms with Crippen LogP contribution < -0.4 is 5.73 Å². The van der Waals surface area contributed by atoms with Crippen molar-refractivity contribution < 1.29 is 0 Å². The average molecular weight is 176 g/mol. The highest BCUT2D eigenvalue weighted by Gasteiger charge is 2.43. The molecule has 0 aliphatic heterocycles. The van der Waals surface area contributed by atoms with Crippen LogP contribution in [0.25, 0.3) is 0 Å². The molecule has 2 rings (SSSR count). The van der Waals surface area contributed by atoms with Crippen LogP contribution in [0.4, 0.5) is 0 Å². The molecule has 1 fully saturated rings. The fourth-order valence-electron chi connectivity index (χ4n) is 1.96. The van der Waals surface area contributed by atoms with Gasteiger partial charge >= 0.3 is 0 Å². The van der Waals surface area contributed by atoms with Crippen molar-refractivity contribution in [3.8, 4) is 0 Å². The second kappa shape index (κ2) is 3.11. The Morgan fingerprint density at radius 3 is 2.85 bits per heavy atom. The molecule has 1 saturated carbocycles. The van der Waals surface area contributed by atoms with Crippen LogP contribution in [-0.4, -0.2) is 11.5 Å². The average Bonchev–Trinajstić information content (AvgIpc) is 2.98. The van der Waals surface area contributed by atoms with E-state index in [1.54, 1.807) is 0 Å². The largest absolute Gasteiger partial charge is 0.330 e. The number of nitrogens with zero attached hydrogens (tertiary/aromatic N) is 1. The quantitative estimate of drug-likeness (QED) is 0.760. The minimum atomic E-state index is 0.314. The van der Waals surface area contributed by atoms with E-state index >= 15 is 0 Å². The molecule has 0 amide bonds. The number of nitrogens with two attached hydrogens (primary N) is 1. The van der Waals surface area contributed by atoms with Gasteiger partial charge in [-0.2, -0.15) is 0 Å². The predicted octanol–water partition coefficient (Wildman–Crippen LogP) is 1.63. The van der Waals surface area contributed by atoms with Crippen molar-refractivity contribution in [2.75, 3.05) is 6.54 Å². The Morgan fingerprint density at radius 2 is 2.31 bits per heavy atom. The molecule has 0 spiro atoms. The maximum absolute atomic E-state index is 5.80. The van der Waals surface area contributed by atoms with E-state index < -0.39 is 0 Å². The number of aromatic nitrogens is 1. The molecular weight excluding hydrogens is 160 g/mol. The smallest absolute Gasteiger partial charge is 0.0302 e. The number of hydrogen-bond acceptors (Lipinski definition) is 2. The van der Waals surface area contributed by atoms with E-state index in [9.17, 15) is 0 Å². The monoisotopic (exact) mass is 176 g/mol. The number of aryl methyl sites for hydroxylation is 1. The van der Waals surface area contributed by atoms with E-state index in [0.717, 1.165) is 13.0 Å². The molecule has 0 bridgehead atoms. The summed E-state index contributed by atoms with van der Waals surface area (Å²) in [6.07, 6.45) is 7.42. The van der Waals surface area contributed by atoms with Gasteiger partial charge in [0.05, 0.1) is 0 Å². The van der Waals surface area contributed by atoms with Gasteiger partial charge in [0.2, 0.25) is 0 Å². The standard InChI is InChI=1S/C11H16N2/c1-2-9-7-13-6-3-10(9)11(8-12)4-5-11/h3,6-7H,2,4-5,8,12H2,1H3. The van der Waals surface area contributed by atoms with Crippen molar-refractivity contribution in [2.24, 2.45) is 5.73 Å². The third-order valence-electron chi connectivity index (χ3n) is 3.10. The van der Waals surface area contributed by atoms with Crippen LogP contribution in [0.5, 0.6) is 0 Å². The molecule has 0 saturated heterocycles. The van der Waals surface area contributed by atoms with Crippen molar-refractivity contribution in [3.63, 3.8) is 0 Å². The lowest BCUT2D eigenvalue weighted by molar-refractivity contribution is 0.692. The first kappa shape index (κ1) is 8.70. The summed E-state index contributed by atoms with van der Waals surface area (Å²) in [4.78, 5) is 4.15. The highest BCUT2D eigenvalue weighted by Crippen LogP contribution is 2.48. The fourth-order valence-corrected chi connectivity index (χ4v) is 1.96. The number of hydrogen-bond donors (Lipinski definition) is 1. The molecule has 0 aromatic carbocycles. The molecular formula is C11H16N2. The molecule has 2 N–H and O–H groups in total. The van der Waals surface area contributed by atoms with Crippen LogP contribution in [0.15, 0.2) is 18.5 Å². The lowest BCUT2D eigenvalue weighted by Gasteiger charge is -2.16. The lowest BCUT2D eigenvalue weighted by atomic mass is 9.92. The molecule has 0 unspecified atom stereocenters. The molecule has 1 aliphatic rings. The Hall–Kier alpha value is -0.890. The zero-order valence-electron chi connectivity index (χ0n) is 8.09. The maximum Gasteiger partial charge on any atom is 0.0302 e. The van der Waals surface area contributed by atoms with E-state index in [2.05, 4.69) is 18.0 Å². The SMILES string of the molecule is CCc1cnccc1C1(CN)CC1. The van der Waals surface area contributed by atoms with Crippen LogP contribution in [-0.2, 0) is 11.8 Å². The van der Waals surface area contributed by atoms with E-state index in [1.165, 1.54) is 24.0 Å². The van der Waals surface area contributed by atoms with Crippen molar-refractivity contribution in [1.29, 1.82) is 0 Å². The summed E-state index contributed by atoms with van der Waals surface area (Å²) in [5.74, 6) is 0. The maximum atomic E-state index is 5.80. The summed E-state index contributed by atoms with van der Waals surface area (Å²) in [6, 6.07) is 2.14. The van der Waals surface area contributed by atoms with Crippen molar-refractivity contribution >= 4 is 0 Å². The minimum absolute atomic E-state index is 0.314. The summed E-state index contributed by atoms with van der Waals surface area (Å²) >= 11 is 0. The molecule has 1 heterocycles. The van der Waals surface area contributed by atoms with Gasteiger partial charge in [-0.3, -0.25) is 4.98 Å². The Balaban J connectivity index is 2.39. The molecule has 1 aromatic rings. The Morgan fingerprint density at radius 1 is 1.54 bits per heavy atom. The zero-order chi connectivity index (χ0) is 9.31. The van der Waals surface area contributed by atoms with Gasteiger partial charge in [0.25, 0.3) is 0 Å². The second-order valence-corrected chi connectivity index (χ2v) is 3.87. The molecule has 0 radical (unpaired) electrons. The Bertz CT molecular complexity index is 303. The topological polar surface area (TPSA) is 38.9 Å². The van der Waals surface area contributed by atoms with Crippen LogP contribution >= 0.6 is 0 Å². The Labute approximate surface area is 79.2 Å². The van der Waals surface area contributed by atoms with Gasteiger partial charge in [-0.15, -0.1) is 0 Å². The first-order valence-corrected chi connectivity index (χ1v) is 4.96. The third-order valence-corrected chi connectivity index (χ3v) is 3.10. The highest BCUT2D eigenvalue weighted by atomic mass is 14.7. The van der Waals surface area contributed by atoms with Crippen molar-refractivity contribution in [1.82, 2.24) is 4.98 Å². The molecule has 13 heavy (non-hydrogen) atoms. The van der Waals surface area contributed by atoms with Gasteiger partial charge in [0.1, 0.15) is 0 Å². The van der Waals surface area contributed by atoms with E-state index in [0.29, 0.717) is 5.41 Å². The van der Waals surface area contributed by atoms with Crippen LogP contribution in [0, 0.1) is 0 Å². The minimum Gasteiger partial charge on any atom is -0.330 e. The van der Waals surface area contributed by atoms with E-state index in [4.69, 9.17) is 5.73 Å². The van der Waals surface area contributed by atoms with Gasteiger partial charge in [0, 0.05) is 24.4 Å². The zero-order valence-corrected chi connectivity index (χ0v) is 8.09. The van der Waals surface area contributed by atoms with E-state index in [-0.39, 0.29) is 0 Å². The van der Waals surface area contributed by atoms with Crippen LogP contribution in [0.2, 0.25) is 0 Å². The molecule has 70 valence electrons. The van der Waals surface area contributed by atoms with Crippen LogP contribution in [0.1, 0.15) is 30.9 Å². The second-order valence-electron chi connectivity index (χ2n) is 3.87. The molecule has 1 aliphatic carbocycles. The van der Waals surface area contributed by atoms with Gasteiger partial charge in [-0.25, -0.2) is 0 Å². The highest BCUT2D eigenvalue weighted by molar-refractivity contribution is 5.37. The summed E-state index contributed by atoms with van der Waals surface area (Å²) in [5, 5.41) is 0. The molecule has 2 heteroatoms. The first-order valence-electron chi connectivity index (χ1n) is 4.96. The van der Waals surface area contributed by atoms with Gasteiger partial charge in [-0.05, 0) is 36.5 Å². The van der Waals surface area contributed by atoms with Gasteiger partial charge in [-0.1, -0.05) is 6.92 Å². The summed E-state index contributed by atoms with van der Waals surface area (Å²) < 4.78 is 0. The Kier molecular flexibility index (Phi) is 2.08. The fraction of sp³-hybridized carbons (Fsp3) is 0.545. The summed E-state index contributed by atoms with van der Waals surface area (Å²) in [5.41, 5.74) is 8.92. The van der Waals surface area contributed by atoms with E-state index in [1.807, 2.05) is 12.4 Å². The number of rotatable bonds is 3. The third kappa shape index (κ3) is 1.35. The predicted molar refractivity (Wildman–Crippen MR) is 53.6 cm³/mol. The summed E-state index contributed by atoms with van der Waals surface area (Å²) in [6.45, 7) is 2.96. The molecule has 1 aromatic heterocycles. The normalized spacial score (nSPS) is 18.6. The van der Waals surface area contributed by atoms with Crippen molar-refractivity contribution in [3.05, 3.63) is 29.6 Å². The number of pyridine rings is 1. The molecule has 0 atom stereocenters. The molecule has 2 nitrogen and oxygen atoms in total. The first-order chi connectivity index (χ1) is 6.32. The van der Waals surface area contributed by atoms with Crippen molar-refractivity contribution in [2.45, 2.75) is 31.6 Å².